The Morgan fingerprint density at radius 1 is 0.684 bits per heavy atom. The summed E-state index contributed by atoms with van der Waals surface area (Å²) in [7, 11) is 0. The van der Waals surface area contributed by atoms with E-state index in [0.29, 0.717) is 0 Å². The molecule has 0 aliphatic carbocycles. The zero-order valence-corrected chi connectivity index (χ0v) is 13.0. The molecule has 0 amide bonds. The van der Waals surface area contributed by atoms with E-state index in [2.05, 4.69) is 25.3 Å². The minimum atomic E-state index is -0.967. The Morgan fingerprint density at radius 3 is 0.947 bits per heavy atom. The van der Waals surface area contributed by atoms with Crippen molar-refractivity contribution in [3.63, 3.8) is 0 Å². The first-order valence-corrected chi connectivity index (χ1v) is 5.36. The molecule has 0 spiro atoms. The number of Topliss-reactive ketones (excluding diaryl/α,β-unsaturated/α-hetero) is 4. The van der Waals surface area contributed by atoms with Gasteiger partial charge in [-0.3, -0.25) is 19.2 Å². The molecule has 9 heteroatoms. The van der Waals surface area contributed by atoms with Crippen molar-refractivity contribution in [1.29, 1.82) is 0 Å². The standard InChI is InChI=1S/2C5H6O3S.Cr/c2*1-3(6)2-4(7)5(8)9;/h2*2H2,1H3,(H,8,9);/q;;+2/p-2. The van der Waals surface area contributed by atoms with Crippen LogP contribution < -0.4 is 0 Å². The number of carbonyl (C=O) groups is 6. The zero-order valence-electron chi connectivity index (χ0n) is 10.1. The van der Waals surface area contributed by atoms with Crippen molar-refractivity contribution < 1.29 is 46.1 Å². The fourth-order valence-corrected chi connectivity index (χ4v) is 0.741. The van der Waals surface area contributed by atoms with Gasteiger partial charge in [0.1, 0.15) is 11.6 Å². The number of rotatable bonds is 6. The maximum Gasteiger partial charge on any atom is 2.00 e. The molecule has 0 bridgehead atoms. The SMILES string of the molecule is CC(=O)CC(=O)C(=O)[S-].CC(=O)CC(=O)C(=O)[S-].[Cr+2]. The van der Waals surface area contributed by atoms with Gasteiger partial charge in [0, 0.05) is 0 Å². The fourth-order valence-electron chi connectivity index (χ4n) is 0.597. The predicted molar refractivity (Wildman–Crippen MR) is 65.4 cm³/mol. The molecule has 0 unspecified atom stereocenters. The molecule has 0 fully saturated rings. The van der Waals surface area contributed by atoms with Gasteiger partial charge in [-0.25, -0.2) is 0 Å². The summed E-state index contributed by atoms with van der Waals surface area (Å²) in [6, 6.07) is 0. The van der Waals surface area contributed by atoms with Gasteiger partial charge in [-0.15, -0.1) is 0 Å². The molecule has 0 N–H and O–H groups in total. The van der Waals surface area contributed by atoms with E-state index >= 15 is 0 Å². The molecular formula is C10H10CrO6S2. The number of hydrogen-bond acceptors (Lipinski definition) is 8. The molecule has 19 heavy (non-hydrogen) atoms. The van der Waals surface area contributed by atoms with Crippen molar-refractivity contribution in [1.82, 2.24) is 0 Å². The van der Waals surface area contributed by atoms with Gasteiger partial charge < -0.3 is 34.8 Å². The van der Waals surface area contributed by atoms with Gasteiger partial charge in [-0.1, -0.05) is 0 Å². The van der Waals surface area contributed by atoms with Crippen LogP contribution in [0.1, 0.15) is 26.7 Å². The van der Waals surface area contributed by atoms with Crippen LogP contribution in [-0.4, -0.2) is 33.4 Å². The Balaban J connectivity index is -0.000000256. The number of hydrogen-bond donors (Lipinski definition) is 0. The first-order valence-electron chi connectivity index (χ1n) is 4.55. The molecular weight excluding hydrogens is 332 g/mol. The Hall–Kier alpha value is -1.01. The van der Waals surface area contributed by atoms with E-state index in [4.69, 9.17) is 0 Å². The van der Waals surface area contributed by atoms with Crippen LogP contribution in [0.2, 0.25) is 0 Å². The van der Waals surface area contributed by atoms with E-state index in [9.17, 15) is 28.8 Å². The van der Waals surface area contributed by atoms with Crippen molar-refractivity contribution in [3.8, 4) is 0 Å². The maximum atomic E-state index is 10.3. The van der Waals surface area contributed by atoms with Crippen LogP contribution in [0.25, 0.3) is 0 Å². The number of ketones is 4. The minimum Gasteiger partial charge on any atom is -0.734 e. The largest absolute Gasteiger partial charge is 2.00 e. The van der Waals surface area contributed by atoms with Crippen LogP contribution in [0.5, 0.6) is 0 Å². The van der Waals surface area contributed by atoms with Gasteiger partial charge >= 0.3 is 17.4 Å². The topological polar surface area (TPSA) is 102 Å². The minimum absolute atomic E-state index is 0. The van der Waals surface area contributed by atoms with E-state index in [0.717, 1.165) is 0 Å². The second-order valence-electron chi connectivity index (χ2n) is 3.18. The maximum absolute atomic E-state index is 10.3. The fraction of sp³-hybridized carbons (Fsp3) is 0.400. The molecule has 0 atom stereocenters. The zero-order chi connectivity index (χ0) is 14.9. The molecule has 6 nitrogen and oxygen atoms in total. The molecule has 0 radical (unpaired) electrons. The van der Waals surface area contributed by atoms with Gasteiger partial charge in [-0.2, -0.15) is 0 Å². The first-order chi connectivity index (χ1) is 8.07. The van der Waals surface area contributed by atoms with Crippen molar-refractivity contribution in [2.24, 2.45) is 0 Å². The molecule has 0 aliphatic heterocycles. The molecule has 0 aromatic carbocycles. The quantitative estimate of drug-likeness (QED) is 0.352. The average Bonchev–Trinajstić information content (AvgIpc) is 2.16. The van der Waals surface area contributed by atoms with Crippen LogP contribution in [0.15, 0.2) is 0 Å². The van der Waals surface area contributed by atoms with Crippen molar-refractivity contribution >= 4 is 58.6 Å². The normalized spacial score (nSPS) is 8.11. The van der Waals surface area contributed by atoms with Crippen molar-refractivity contribution in [3.05, 3.63) is 0 Å². The third-order valence-corrected chi connectivity index (χ3v) is 1.73. The smallest absolute Gasteiger partial charge is 0.734 e. The van der Waals surface area contributed by atoms with Crippen LogP contribution in [0, 0.1) is 0 Å². The van der Waals surface area contributed by atoms with Crippen LogP contribution in [0.4, 0.5) is 0 Å². The van der Waals surface area contributed by atoms with E-state index < -0.39 is 21.8 Å². The predicted octanol–water partition coefficient (Wildman–Crippen LogP) is -0.786. The second kappa shape index (κ2) is 12.0. The molecule has 0 heterocycles. The summed E-state index contributed by atoms with van der Waals surface area (Å²) in [4.78, 5) is 60.8. The van der Waals surface area contributed by atoms with Crippen molar-refractivity contribution in [2.45, 2.75) is 26.7 Å². The summed E-state index contributed by atoms with van der Waals surface area (Å²) in [5, 5.41) is -1.93. The van der Waals surface area contributed by atoms with Crippen LogP contribution in [0.3, 0.4) is 0 Å². The Morgan fingerprint density at radius 2 is 0.895 bits per heavy atom. The molecule has 0 rings (SSSR count). The third-order valence-electron chi connectivity index (χ3n) is 1.27. The summed E-state index contributed by atoms with van der Waals surface area (Å²) in [6.45, 7) is 2.46. The molecule has 0 aromatic heterocycles. The van der Waals surface area contributed by atoms with Gasteiger partial charge in [0.05, 0.1) is 23.1 Å². The summed E-state index contributed by atoms with van der Waals surface area (Å²) >= 11 is 7.96. The number of carbonyl (C=O) groups excluding carboxylic acids is 6. The average molecular weight is 342 g/mol. The third kappa shape index (κ3) is 17.0. The molecule has 104 valence electrons. The van der Waals surface area contributed by atoms with Gasteiger partial charge in [0.2, 0.25) is 0 Å². The molecule has 0 saturated carbocycles. The Labute approximate surface area is 131 Å². The monoisotopic (exact) mass is 342 g/mol. The Kier molecular flexibility index (Phi) is 14.7. The van der Waals surface area contributed by atoms with Crippen molar-refractivity contribution in [2.75, 3.05) is 0 Å². The molecule has 0 saturated heterocycles. The molecule has 0 aliphatic rings. The van der Waals surface area contributed by atoms with Crippen LogP contribution >= 0.6 is 0 Å². The van der Waals surface area contributed by atoms with Gasteiger partial charge in [0.15, 0.2) is 11.6 Å². The summed E-state index contributed by atoms with van der Waals surface area (Å²) in [5.41, 5.74) is 0. The van der Waals surface area contributed by atoms with Gasteiger partial charge in [0.25, 0.3) is 0 Å². The van der Waals surface area contributed by atoms with E-state index in [1.54, 1.807) is 0 Å². The Bertz CT molecular complexity index is 367. The van der Waals surface area contributed by atoms with E-state index in [-0.39, 0.29) is 41.8 Å². The first kappa shape index (κ1) is 23.1. The summed E-state index contributed by atoms with van der Waals surface area (Å²) < 4.78 is 0. The summed E-state index contributed by atoms with van der Waals surface area (Å²) in [5.74, 6) is -2.26. The molecule has 0 aromatic rings. The van der Waals surface area contributed by atoms with E-state index in [1.807, 2.05) is 0 Å². The van der Waals surface area contributed by atoms with E-state index in [1.165, 1.54) is 13.8 Å². The van der Waals surface area contributed by atoms with Crippen LogP contribution in [-0.2, 0) is 71.4 Å². The summed E-state index contributed by atoms with van der Waals surface area (Å²) in [6.07, 6.45) is -0.718. The van der Waals surface area contributed by atoms with Gasteiger partial charge in [-0.05, 0) is 13.8 Å². The second-order valence-corrected chi connectivity index (χ2v) is 3.92.